The van der Waals surface area contributed by atoms with Gasteiger partial charge in [-0.05, 0) is 48.0 Å². The van der Waals surface area contributed by atoms with Crippen molar-refractivity contribution in [2.75, 3.05) is 5.32 Å². The fraction of sp³-hybridized carbons (Fsp3) is 0.0385. The van der Waals surface area contributed by atoms with Crippen molar-refractivity contribution in [3.05, 3.63) is 108 Å². The zero-order valence-electron chi connectivity index (χ0n) is 18.4. The molecule has 6 rings (SSSR count). The molecule has 9 heteroatoms. The van der Waals surface area contributed by atoms with Crippen LogP contribution >= 0.6 is 0 Å². The molecule has 0 spiro atoms. The Labute approximate surface area is 200 Å². The van der Waals surface area contributed by atoms with Gasteiger partial charge in [-0.25, -0.2) is 9.83 Å². The third-order valence-electron chi connectivity index (χ3n) is 5.52. The summed E-state index contributed by atoms with van der Waals surface area (Å²) in [5, 5.41) is 13.2. The van der Waals surface area contributed by atoms with Crippen molar-refractivity contribution >= 4 is 33.7 Å². The van der Waals surface area contributed by atoms with E-state index in [0.717, 1.165) is 39.1 Å². The molecule has 0 radical (unpaired) electrons. The summed E-state index contributed by atoms with van der Waals surface area (Å²) in [6.07, 6.45) is 7.61. The first-order valence-corrected chi connectivity index (χ1v) is 10.9. The van der Waals surface area contributed by atoms with Crippen LogP contribution in [0.2, 0.25) is 0 Å². The zero-order chi connectivity index (χ0) is 23.6. The van der Waals surface area contributed by atoms with Crippen LogP contribution in [0.5, 0.6) is 0 Å². The van der Waals surface area contributed by atoms with Gasteiger partial charge in [0.15, 0.2) is 11.5 Å². The van der Waals surface area contributed by atoms with Crippen molar-refractivity contribution in [3.8, 4) is 11.4 Å². The summed E-state index contributed by atoms with van der Waals surface area (Å²) < 4.78 is 1.44. The van der Waals surface area contributed by atoms with Crippen LogP contribution in [0.4, 0.5) is 17.1 Å². The molecule has 166 valence electrons. The molecule has 0 fully saturated rings. The van der Waals surface area contributed by atoms with Gasteiger partial charge in [0.05, 0.1) is 24.0 Å². The van der Waals surface area contributed by atoms with E-state index in [1.165, 1.54) is 4.63 Å². The molecule has 2 aromatic carbocycles. The Hall–Kier alpha value is -5.23. The van der Waals surface area contributed by atoms with Crippen molar-refractivity contribution in [1.29, 1.82) is 0 Å². The number of nitrogens with one attached hydrogen (secondary N) is 1. The molecule has 0 saturated carbocycles. The summed E-state index contributed by atoms with van der Waals surface area (Å²) in [7, 11) is 0. The fourth-order valence-corrected chi connectivity index (χ4v) is 3.84. The summed E-state index contributed by atoms with van der Waals surface area (Å²) in [5.41, 5.74) is 5.86. The normalized spacial score (nSPS) is 10.9. The van der Waals surface area contributed by atoms with Crippen LogP contribution in [0, 0.1) is 6.57 Å². The third-order valence-corrected chi connectivity index (χ3v) is 5.52. The first kappa shape index (κ1) is 20.4. The van der Waals surface area contributed by atoms with Crippen LogP contribution < -0.4 is 5.32 Å². The highest BCUT2D eigenvalue weighted by Crippen LogP contribution is 2.30. The quantitative estimate of drug-likeness (QED) is 0.365. The van der Waals surface area contributed by atoms with Crippen LogP contribution in [-0.4, -0.2) is 34.8 Å². The van der Waals surface area contributed by atoms with Crippen LogP contribution in [0.15, 0.2) is 85.5 Å². The van der Waals surface area contributed by atoms with Gasteiger partial charge in [-0.15, -0.1) is 9.73 Å². The molecule has 0 aliphatic rings. The smallest absolute Gasteiger partial charge is 0.271 e. The van der Waals surface area contributed by atoms with E-state index in [4.69, 9.17) is 6.57 Å². The number of benzene rings is 2. The van der Waals surface area contributed by atoms with E-state index in [1.54, 1.807) is 30.9 Å². The highest BCUT2D eigenvalue weighted by atomic mass is 15.5. The second-order valence-corrected chi connectivity index (χ2v) is 7.88. The average molecular weight is 455 g/mol. The molecule has 4 aromatic heterocycles. The van der Waals surface area contributed by atoms with E-state index in [2.05, 4.69) is 40.3 Å². The molecule has 6 aromatic rings. The monoisotopic (exact) mass is 455 g/mol. The summed E-state index contributed by atoms with van der Waals surface area (Å²) in [6, 6.07) is 19.1. The lowest BCUT2D eigenvalue weighted by atomic mass is 10.1. The molecule has 0 amide bonds. The molecular formula is C26H17N9. The maximum atomic E-state index is 7.30. The van der Waals surface area contributed by atoms with E-state index in [1.807, 2.05) is 54.6 Å². The molecule has 0 atom stereocenters. The molecule has 0 bridgehead atoms. The Kier molecular flexibility index (Phi) is 5.01. The Morgan fingerprint density at radius 1 is 0.943 bits per heavy atom. The number of hydrogen-bond donors (Lipinski definition) is 1. The highest BCUT2D eigenvalue weighted by Gasteiger charge is 2.11. The SMILES string of the molecule is [C-]#[N+]c1ccc2nccc(Nc3cccc(-c4nc5nc(Cc6ccncc6)cnn5n4)c3)c2c1. The van der Waals surface area contributed by atoms with Gasteiger partial charge in [0, 0.05) is 47.3 Å². The van der Waals surface area contributed by atoms with Gasteiger partial charge in [0.1, 0.15) is 0 Å². The molecule has 4 heterocycles. The van der Waals surface area contributed by atoms with Crippen molar-refractivity contribution in [3.63, 3.8) is 0 Å². The Bertz CT molecular complexity index is 1720. The van der Waals surface area contributed by atoms with E-state index in [-0.39, 0.29) is 0 Å². The molecule has 0 unspecified atom stereocenters. The van der Waals surface area contributed by atoms with E-state index in [0.29, 0.717) is 23.7 Å². The Balaban J connectivity index is 1.30. The molecule has 9 nitrogen and oxygen atoms in total. The number of hydrogen-bond acceptors (Lipinski definition) is 7. The zero-order valence-corrected chi connectivity index (χ0v) is 18.4. The maximum Gasteiger partial charge on any atom is 0.271 e. The number of anilines is 2. The lowest BCUT2D eigenvalue weighted by Crippen LogP contribution is -2.01. The van der Waals surface area contributed by atoms with Gasteiger partial charge in [-0.2, -0.15) is 10.1 Å². The number of aromatic nitrogens is 7. The van der Waals surface area contributed by atoms with E-state index in [9.17, 15) is 0 Å². The lowest BCUT2D eigenvalue weighted by Gasteiger charge is -2.10. The Morgan fingerprint density at radius 2 is 1.86 bits per heavy atom. The molecule has 0 saturated heterocycles. The van der Waals surface area contributed by atoms with Gasteiger partial charge < -0.3 is 5.32 Å². The topological polar surface area (TPSA) is 98.1 Å². The molecule has 0 aliphatic heterocycles. The van der Waals surface area contributed by atoms with Crippen LogP contribution in [0.1, 0.15) is 11.3 Å². The van der Waals surface area contributed by atoms with Gasteiger partial charge in [-0.3, -0.25) is 9.97 Å². The minimum atomic E-state index is 0.441. The number of fused-ring (bicyclic) bond motifs is 2. The average Bonchev–Trinajstić information content (AvgIpc) is 3.33. The first-order chi connectivity index (χ1) is 17.2. The summed E-state index contributed by atoms with van der Waals surface area (Å²) in [4.78, 5) is 21.2. The second-order valence-electron chi connectivity index (χ2n) is 7.88. The maximum absolute atomic E-state index is 7.30. The van der Waals surface area contributed by atoms with Crippen molar-refractivity contribution in [1.82, 2.24) is 34.8 Å². The first-order valence-electron chi connectivity index (χ1n) is 10.9. The van der Waals surface area contributed by atoms with Crippen molar-refractivity contribution < 1.29 is 0 Å². The predicted molar refractivity (Wildman–Crippen MR) is 132 cm³/mol. The van der Waals surface area contributed by atoms with Gasteiger partial charge in [0.2, 0.25) is 0 Å². The minimum absolute atomic E-state index is 0.441. The van der Waals surface area contributed by atoms with Crippen molar-refractivity contribution in [2.45, 2.75) is 6.42 Å². The summed E-state index contributed by atoms with van der Waals surface area (Å²) in [6.45, 7) is 7.30. The number of nitrogens with zero attached hydrogens (tertiary/aromatic N) is 8. The second kappa shape index (κ2) is 8.61. The number of pyridine rings is 2. The van der Waals surface area contributed by atoms with Crippen LogP contribution in [0.25, 0.3) is 32.9 Å². The molecule has 0 aliphatic carbocycles. The molecule has 35 heavy (non-hydrogen) atoms. The molecular weight excluding hydrogens is 438 g/mol. The molecule has 1 N–H and O–H groups in total. The minimum Gasteiger partial charge on any atom is -0.355 e. The summed E-state index contributed by atoms with van der Waals surface area (Å²) in [5.74, 6) is 0.973. The van der Waals surface area contributed by atoms with Gasteiger partial charge in [-0.1, -0.05) is 18.2 Å². The predicted octanol–water partition coefficient (Wildman–Crippen LogP) is 5.01. The van der Waals surface area contributed by atoms with Gasteiger partial charge in [0.25, 0.3) is 5.78 Å². The standard InChI is InChI=1S/C26H17N9/c1-27-19-5-6-23-22(15-19)24(9-12-29-23)31-20-4-2-3-18(14-20)25-33-26-32-21(16-30-35(26)34-25)13-17-7-10-28-11-8-17/h2-12,14-16H,13H2,(H,29,31). The van der Waals surface area contributed by atoms with E-state index < -0.39 is 0 Å². The van der Waals surface area contributed by atoms with E-state index >= 15 is 0 Å². The fourth-order valence-electron chi connectivity index (χ4n) is 3.84. The van der Waals surface area contributed by atoms with Crippen LogP contribution in [-0.2, 0) is 6.42 Å². The summed E-state index contributed by atoms with van der Waals surface area (Å²) >= 11 is 0. The lowest BCUT2D eigenvalue weighted by molar-refractivity contribution is 0.770. The van der Waals surface area contributed by atoms with Gasteiger partial charge >= 0.3 is 0 Å². The third kappa shape index (κ3) is 4.12. The van der Waals surface area contributed by atoms with Crippen LogP contribution in [0.3, 0.4) is 0 Å². The van der Waals surface area contributed by atoms with Crippen molar-refractivity contribution in [2.24, 2.45) is 0 Å². The largest absolute Gasteiger partial charge is 0.355 e. The number of rotatable bonds is 5. The Morgan fingerprint density at radius 3 is 2.74 bits per heavy atom. The highest BCUT2D eigenvalue weighted by molar-refractivity contribution is 5.95.